The second-order valence-electron chi connectivity index (χ2n) is 4.95. The van der Waals surface area contributed by atoms with Crippen molar-refractivity contribution in [3.05, 3.63) is 23.9 Å². The molecule has 0 radical (unpaired) electrons. The Kier molecular flexibility index (Phi) is 5.60. The summed E-state index contributed by atoms with van der Waals surface area (Å²) in [5.41, 5.74) is 7.02. The molecule has 1 aromatic heterocycles. The summed E-state index contributed by atoms with van der Waals surface area (Å²) in [6.45, 7) is 7.86. The van der Waals surface area contributed by atoms with Crippen LogP contribution in [0.25, 0.3) is 0 Å². The number of hydrogen-bond acceptors (Lipinski definition) is 4. The summed E-state index contributed by atoms with van der Waals surface area (Å²) in [6.07, 6.45) is 2.28. The second-order valence-corrected chi connectivity index (χ2v) is 4.95. The van der Waals surface area contributed by atoms with E-state index in [9.17, 15) is 0 Å². The molecule has 0 unspecified atom stereocenters. The van der Waals surface area contributed by atoms with E-state index in [1.807, 2.05) is 19.1 Å². The fraction of sp³-hybridized carbons (Fsp3) is 0.571. The molecule has 0 aliphatic heterocycles. The van der Waals surface area contributed by atoms with Gasteiger partial charge in [0, 0.05) is 30.9 Å². The Balaban J connectivity index is 3.00. The Hall–Kier alpha value is -1.60. The molecule has 0 saturated heterocycles. The van der Waals surface area contributed by atoms with Crippen LogP contribution < -0.4 is 10.6 Å². The Morgan fingerprint density at radius 3 is 2.72 bits per heavy atom. The summed E-state index contributed by atoms with van der Waals surface area (Å²) >= 11 is 0. The first-order chi connectivity index (χ1) is 8.56. The monoisotopic (exact) mass is 246 g/mol. The summed E-state index contributed by atoms with van der Waals surface area (Å²) in [5, 5.41) is 8.75. The highest BCUT2D eigenvalue weighted by molar-refractivity contribution is 5.48. The van der Waals surface area contributed by atoms with Gasteiger partial charge >= 0.3 is 0 Å². The molecule has 0 spiro atoms. The van der Waals surface area contributed by atoms with Crippen molar-refractivity contribution in [2.75, 3.05) is 18.0 Å². The number of nitrogens with zero attached hydrogens (tertiary/aromatic N) is 3. The predicted molar refractivity (Wildman–Crippen MR) is 74.1 cm³/mol. The van der Waals surface area contributed by atoms with E-state index < -0.39 is 0 Å². The van der Waals surface area contributed by atoms with Gasteiger partial charge < -0.3 is 10.6 Å². The average molecular weight is 246 g/mol. The van der Waals surface area contributed by atoms with Crippen LogP contribution in [-0.4, -0.2) is 18.1 Å². The van der Waals surface area contributed by atoms with Gasteiger partial charge in [0.1, 0.15) is 5.82 Å². The lowest BCUT2D eigenvalue weighted by Gasteiger charge is -2.27. The molecule has 1 aromatic rings. The number of hydrogen-bond donors (Lipinski definition) is 1. The minimum absolute atomic E-state index is 0.0505. The van der Waals surface area contributed by atoms with Crippen LogP contribution >= 0.6 is 0 Å². The van der Waals surface area contributed by atoms with E-state index in [0.717, 1.165) is 17.9 Å². The smallest absolute Gasteiger partial charge is 0.133 e. The molecular weight excluding hydrogens is 224 g/mol. The van der Waals surface area contributed by atoms with E-state index in [1.165, 1.54) is 0 Å². The zero-order chi connectivity index (χ0) is 13.5. The summed E-state index contributed by atoms with van der Waals surface area (Å²) in [6, 6.07) is 6.05. The van der Waals surface area contributed by atoms with Crippen LogP contribution in [0.1, 0.15) is 38.8 Å². The first-order valence-corrected chi connectivity index (χ1v) is 6.38. The lowest BCUT2D eigenvalue weighted by atomic mass is 10.1. The van der Waals surface area contributed by atoms with Crippen molar-refractivity contribution in [1.29, 1.82) is 5.26 Å². The van der Waals surface area contributed by atoms with Gasteiger partial charge in [-0.3, -0.25) is 0 Å². The maximum absolute atomic E-state index is 8.75. The van der Waals surface area contributed by atoms with Crippen LogP contribution in [0.4, 0.5) is 5.82 Å². The summed E-state index contributed by atoms with van der Waals surface area (Å²) in [7, 11) is 0. The number of nitrogens with two attached hydrogens (primary N) is 1. The van der Waals surface area contributed by atoms with Crippen molar-refractivity contribution < 1.29 is 0 Å². The molecular formula is C14H22N4. The molecule has 0 aliphatic carbocycles. The molecule has 0 saturated carbocycles. The van der Waals surface area contributed by atoms with Gasteiger partial charge in [-0.05, 0) is 18.9 Å². The number of anilines is 1. The molecule has 18 heavy (non-hydrogen) atoms. The highest BCUT2D eigenvalue weighted by Crippen LogP contribution is 2.23. The largest absolute Gasteiger partial charge is 0.355 e. The lowest BCUT2D eigenvalue weighted by Crippen LogP contribution is -2.31. The van der Waals surface area contributed by atoms with Gasteiger partial charge in [-0.25, -0.2) is 4.98 Å². The maximum atomic E-state index is 8.75. The molecule has 1 rings (SSSR count). The van der Waals surface area contributed by atoms with Gasteiger partial charge in [0.2, 0.25) is 0 Å². The zero-order valence-corrected chi connectivity index (χ0v) is 11.4. The summed E-state index contributed by atoms with van der Waals surface area (Å²) in [4.78, 5) is 6.60. The third-order valence-corrected chi connectivity index (χ3v) is 2.69. The van der Waals surface area contributed by atoms with Gasteiger partial charge in [0.15, 0.2) is 0 Å². The molecule has 1 heterocycles. The normalized spacial score (nSPS) is 12.2. The quantitative estimate of drug-likeness (QED) is 0.837. The van der Waals surface area contributed by atoms with E-state index in [2.05, 4.69) is 29.8 Å². The highest BCUT2D eigenvalue weighted by Gasteiger charge is 2.15. The fourth-order valence-electron chi connectivity index (χ4n) is 1.94. The molecule has 1 atom stereocenters. The standard InChI is InChI=1S/C14H22N4/c1-11(2)10-18(9-5-7-15)14-13(12(3)16)6-4-8-17-14/h4,6,8,11-12H,5,9-10,16H2,1-3H3/t12-/m0/s1. The van der Waals surface area contributed by atoms with Crippen LogP contribution in [0.2, 0.25) is 0 Å². The van der Waals surface area contributed by atoms with Crippen molar-refractivity contribution in [3.8, 4) is 6.07 Å². The van der Waals surface area contributed by atoms with Crippen molar-refractivity contribution in [2.45, 2.75) is 33.2 Å². The topological polar surface area (TPSA) is 65.9 Å². The Morgan fingerprint density at radius 1 is 1.44 bits per heavy atom. The first-order valence-electron chi connectivity index (χ1n) is 6.38. The van der Waals surface area contributed by atoms with Crippen LogP contribution in [0.3, 0.4) is 0 Å². The Labute approximate surface area is 109 Å². The van der Waals surface area contributed by atoms with Gasteiger partial charge in [-0.15, -0.1) is 0 Å². The van der Waals surface area contributed by atoms with Gasteiger partial charge in [-0.1, -0.05) is 19.9 Å². The number of rotatable bonds is 6. The van der Waals surface area contributed by atoms with E-state index >= 15 is 0 Å². The van der Waals surface area contributed by atoms with Crippen LogP contribution in [0.15, 0.2) is 18.3 Å². The van der Waals surface area contributed by atoms with Crippen LogP contribution in [0.5, 0.6) is 0 Å². The minimum atomic E-state index is -0.0505. The molecule has 0 aliphatic rings. The summed E-state index contributed by atoms with van der Waals surface area (Å²) in [5.74, 6) is 1.43. The maximum Gasteiger partial charge on any atom is 0.133 e. The first kappa shape index (κ1) is 14.5. The molecule has 0 fully saturated rings. The molecule has 4 nitrogen and oxygen atoms in total. The molecule has 4 heteroatoms. The SMILES string of the molecule is CC(C)CN(CCC#N)c1ncccc1[C@H](C)N. The fourth-order valence-corrected chi connectivity index (χ4v) is 1.94. The van der Waals surface area contributed by atoms with E-state index in [1.54, 1.807) is 6.20 Å². The third-order valence-electron chi connectivity index (χ3n) is 2.69. The molecule has 0 aromatic carbocycles. The predicted octanol–water partition coefficient (Wildman–Crippen LogP) is 2.48. The second kappa shape index (κ2) is 6.97. The molecule has 98 valence electrons. The lowest BCUT2D eigenvalue weighted by molar-refractivity contribution is 0.603. The number of aromatic nitrogens is 1. The third kappa shape index (κ3) is 4.01. The molecule has 0 bridgehead atoms. The van der Waals surface area contributed by atoms with E-state index in [-0.39, 0.29) is 6.04 Å². The van der Waals surface area contributed by atoms with Gasteiger partial charge in [0.05, 0.1) is 12.5 Å². The van der Waals surface area contributed by atoms with Crippen molar-refractivity contribution in [1.82, 2.24) is 4.98 Å². The highest BCUT2D eigenvalue weighted by atomic mass is 15.2. The van der Waals surface area contributed by atoms with Crippen molar-refractivity contribution in [3.63, 3.8) is 0 Å². The van der Waals surface area contributed by atoms with Crippen molar-refractivity contribution in [2.24, 2.45) is 11.7 Å². The summed E-state index contributed by atoms with van der Waals surface area (Å²) < 4.78 is 0. The Bertz CT molecular complexity index is 407. The number of pyridine rings is 1. The minimum Gasteiger partial charge on any atom is -0.355 e. The number of nitriles is 1. The van der Waals surface area contributed by atoms with Crippen molar-refractivity contribution >= 4 is 5.82 Å². The van der Waals surface area contributed by atoms with Crippen LogP contribution in [-0.2, 0) is 0 Å². The van der Waals surface area contributed by atoms with Crippen LogP contribution in [0, 0.1) is 17.2 Å². The average Bonchev–Trinajstić information content (AvgIpc) is 2.34. The Morgan fingerprint density at radius 2 is 2.17 bits per heavy atom. The zero-order valence-electron chi connectivity index (χ0n) is 11.4. The van der Waals surface area contributed by atoms with E-state index in [4.69, 9.17) is 11.0 Å². The van der Waals surface area contributed by atoms with Gasteiger partial charge in [0.25, 0.3) is 0 Å². The molecule has 0 amide bonds. The molecule has 2 N–H and O–H groups in total. The van der Waals surface area contributed by atoms with Gasteiger partial charge in [-0.2, -0.15) is 5.26 Å². The van der Waals surface area contributed by atoms with E-state index in [0.29, 0.717) is 18.9 Å².